The summed E-state index contributed by atoms with van der Waals surface area (Å²) in [6, 6.07) is 14.2. The molecule has 0 spiro atoms. The monoisotopic (exact) mass is 301 g/mol. The molecular weight excluding hydrogens is 282 g/mol. The molecule has 0 fully saturated rings. The summed E-state index contributed by atoms with van der Waals surface area (Å²) in [5.41, 5.74) is 1.24. The van der Waals surface area contributed by atoms with Gasteiger partial charge in [-0.05, 0) is 49.4 Å². The number of hydrogen-bond acceptors (Lipinski definition) is 4. The first-order valence-electron chi connectivity index (χ1n) is 6.99. The van der Waals surface area contributed by atoms with Crippen molar-refractivity contribution in [2.45, 2.75) is 6.92 Å². The Morgan fingerprint density at radius 3 is 2.50 bits per heavy atom. The minimum absolute atomic E-state index is 0.188. The second kappa shape index (κ2) is 8.05. The zero-order valence-corrected chi connectivity index (χ0v) is 12.7. The minimum atomic E-state index is -0.188. The minimum Gasteiger partial charge on any atom is -0.494 e. The van der Waals surface area contributed by atoms with E-state index >= 15 is 0 Å². The van der Waals surface area contributed by atoms with Crippen molar-refractivity contribution in [1.82, 2.24) is 0 Å². The zero-order valence-electron chi connectivity index (χ0n) is 12.7. The summed E-state index contributed by atoms with van der Waals surface area (Å²) < 4.78 is 15.5. The molecule has 1 amide bonds. The van der Waals surface area contributed by atoms with Gasteiger partial charge in [-0.1, -0.05) is 6.07 Å². The fourth-order valence-corrected chi connectivity index (χ4v) is 1.86. The lowest BCUT2D eigenvalue weighted by Gasteiger charge is -2.09. The van der Waals surface area contributed by atoms with Crippen molar-refractivity contribution in [3.63, 3.8) is 0 Å². The van der Waals surface area contributed by atoms with Crippen LogP contribution in [0.1, 0.15) is 17.3 Å². The van der Waals surface area contributed by atoms with Gasteiger partial charge < -0.3 is 19.5 Å². The Hall–Kier alpha value is -2.53. The van der Waals surface area contributed by atoms with Gasteiger partial charge in [0.25, 0.3) is 5.91 Å². The van der Waals surface area contributed by atoms with Crippen LogP contribution in [-0.2, 0) is 4.74 Å². The number of carbonyl (C=O) groups is 1. The molecule has 2 rings (SSSR count). The SMILES string of the molecule is CCOc1cccc(C(=O)Nc2ccc(OCOC)cc2)c1. The van der Waals surface area contributed by atoms with E-state index < -0.39 is 0 Å². The lowest BCUT2D eigenvalue weighted by Crippen LogP contribution is -2.12. The summed E-state index contributed by atoms with van der Waals surface area (Å²) in [7, 11) is 1.56. The molecular formula is C17H19NO4. The lowest BCUT2D eigenvalue weighted by atomic mass is 10.2. The summed E-state index contributed by atoms with van der Waals surface area (Å²) >= 11 is 0. The number of rotatable bonds is 7. The van der Waals surface area contributed by atoms with Crippen LogP contribution < -0.4 is 14.8 Å². The maximum Gasteiger partial charge on any atom is 0.255 e. The standard InChI is InChI=1S/C17H19NO4/c1-3-21-16-6-4-5-13(11-16)17(19)18-14-7-9-15(10-8-14)22-12-20-2/h4-11H,3,12H2,1-2H3,(H,18,19). The number of methoxy groups -OCH3 is 1. The molecule has 0 saturated carbocycles. The molecule has 0 aliphatic rings. The summed E-state index contributed by atoms with van der Waals surface area (Å²) in [6.45, 7) is 2.66. The van der Waals surface area contributed by atoms with Gasteiger partial charge in [0.05, 0.1) is 6.61 Å². The van der Waals surface area contributed by atoms with Gasteiger partial charge in [-0.2, -0.15) is 0 Å². The summed E-state index contributed by atoms with van der Waals surface area (Å²) in [5, 5.41) is 2.83. The average molecular weight is 301 g/mol. The third kappa shape index (κ3) is 4.49. The summed E-state index contributed by atoms with van der Waals surface area (Å²) in [6.07, 6.45) is 0. The van der Waals surface area contributed by atoms with Gasteiger partial charge in [-0.25, -0.2) is 0 Å². The Morgan fingerprint density at radius 2 is 1.82 bits per heavy atom. The molecule has 5 heteroatoms. The number of hydrogen-bond donors (Lipinski definition) is 1. The second-order valence-corrected chi connectivity index (χ2v) is 4.49. The van der Waals surface area contributed by atoms with E-state index in [1.165, 1.54) is 0 Å². The van der Waals surface area contributed by atoms with Gasteiger partial charge in [0.1, 0.15) is 11.5 Å². The first-order chi connectivity index (χ1) is 10.7. The number of carbonyl (C=O) groups excluding carboxylic acids is 1. The predicted octanol–water partition coefficient (Wildman–Crippen LogP) is 3.32. The highest BCUT2D eigenvalue weighted by atomic mass is 16.7. The van der Waals surface area contributed by atoms with E-state index in [-0.39, 0.29) is 12.7 Å². The van der Waals surface area contributed by atoms with Crippen molar-refractivity contribution < 1.29 is 19.0 Å². The van der Waals surface area contributed by atoms with Crippen molar-refractivity contribution in [3.05, 3.63) is 54.1 Å². The van der Waals surface area contributed by atoms with Crippen LogP contribution in [0.5, 0.6) is 11.5 Å². The van der Waals surface area contributed by atoms with Gasteiger partial charge in [0, 0.05) is 18.4 Å². The Balaban J connectivity index is 2.00. The first-order valence-corrected chi connectivity index (χ1v) is 6.99. The molecule has 0 aromatic heterocycles. The van der Waals surface area contributed by atoms with E-state index in [0.717, 1.165) is 0 Å². The molecule has 0 atom stereocenters. The smallest absolute Gasteiger partial charge is 0.255 e. The Labute approximate surface area is 129 Å². The van der Waals surface area contributed by atoms with E-state index in [9.17, 15) is 4.79 Å². The fraction of sp³-hybridized carbons (Fsp3) is 0.235. The number of anilines is 1. The Kier molecular flexibility index (Phi) is 5.80. The van der Waals surface area contributed by atoms with Gasteiger partial charge in [-0.3, -0.25) is 4.79 Å². The Morgan fingerprint density at radius 1 is 1.05 bits per heavy atom. The van der Waals surface area contributed by atoms with Gasteiger partial charge in [-0.15, -0.1) is 0 Å². The first kappa shape index (κ1) is 15.9. The molecule has 116 valence electrons. The molecule has 1 N–H and O–H groups in total. The van der Waals surface area contributed by atoms with E-state index in [1.807, 2.05) is 13.0 Å². The van der Waals surface area contributed by atoms with Crippen LogP contribution >= 0.6 is 0 Å². The summed E-state index contributed by atoms with van der Waals surface area (Å²) in [4.78, 5) is 12.2. The third-order valence-corrected chi connectivity index (χ3v) is 2.86. The van der Waals surface area contributed by atoms with Crippen LogP contribution in [-0.4, -0.2) is 26.4 Å². The fourth-order valence-electron chi connectivity index (χ4n) is 1.86. The molecule has 0 aliphatic carbocycles. The predicted molar refractivity (Wildman–Crippen MR) is 84.5 cm³/mol. The molecule has 2 aromatic carbocycles. The van der Waals surface area contributed by atoms with Crippen LogP contribution in [0, 0.1) is 0 Å². The van der Waals surface area contributed by atoms with Gasteiger partial charge in [0.2, 0.25) is 0 Å². The molecule has 0 radical (unpaired) electrons. The molecule has 5 nitrogen and oxygen atoms in total. The maximum absolute atomic E-state index is 12.2. The molecule has 2 aromatic rings. The Bertz CT molecular complexity index is 610. The van der Waals surface area contributed by atoms with Crippen molar-refractivity contribution in [3.8, 4) is 11.5 Å². The van der Waals surface area contributed by atoms with Gasteiger partial charge >= 0.3 is 0 Å². The van der Waals surface area contributed by atoms with E-state index in [2.05, 4.69) is 5.32 Å². The quantitative estimate of drug-likeness (QED) is 0.797. The third-order valence-electron chi connectivity index (χ3n) is 2.86. The molecule has 22 heavy (non-hydrogen) atoms. The normalized spacial score (nSPS) is 10.1. The number of amides is 1. The topological polar surface area (TPSA) is 56.8 Å². The van der Waals surface area contributed by atoms with Crippen molar-refractivity contribution in [2.75, 3.05) is 25.8 Å². The average Bonchev–Trinajstić information content (AvgIpc) is 2.55. The van der Waals surface area contributed by atoms with Gasteiger partial charge in [0.15, 0.2) is 6.79 Å². The lowest BCUT2D eigenvalue weighted by molar-refractivity contribution is 0.0511. The number of benzene rings is 2. The van der Waals surface area contributed by atoms with Crippen LogP contribution in [0.4, 0.5) is 5.69 Å². The zero-order chi connectivity index (χ0) is 15.8. The summed E-state index contributed by atoms with van der Waals surface area (Å²) in [5.74, 6) is 1.17. The largest absolute Gasteiger partial charge is 0.494 e. The van der Waals surface area contributed by atoms with Crippen LogP contribution in [0.3, 0.4) is 0 Å². The molecule has 0 saturated heterocycles. The van der Waals surface area contributed by atoms with Crippen LogP contribution in [0.15, 0.2) is 48.5 Å². The van der Waals surface area contributed by atoms with Crippen LogP contribution in [0.2, 0.25) is 0 Å². The molecule has 0 aliphatic heterocycles. The molecule has 0 bridgehead atoms. The van der Waals surface area contributed by atoms with E-state index in [0.29, 0.717) is 29.4 Å². The van der Waals surface area contributed by atoms with Crippen molar-refractivity contribution in [2.24, 2.45) is 0 Å². The van der Waals surface area contributed by atoms with Crippen molar-refractivity contribution >= 4 is 11.6 Å². The maximum atomic E-state index is 12.2. The highest BCUT2D eigenvalue weighted by Crippen LogP contribution is 2.18. The molecule has 0 heterocycles. The molecule has 0 unspecified atom stereocenters. The van der Waals surface area contributed by atoms with Crippen LogP contribution in [0.25, 0.3) is 0 Å². The highest BCUT2D eigenvalue weighted by Gasteiger charge is 2.07. The van der Waals surface area contributed by atoms with E-state index in [4.69, 9.17) is 14.2 Å². The number of nitrogens with one attached hydrogen (secondary N) is 1. The highest BCUT2D eigenvalue weighted by molar-refractivity contribution is 6.04. The van der Waals surface area contributed by atoms with E-state index in [1.54, 1.807) is 49.6 Å². The van der Waals surface area contributed by atoms with Crippen molar-refractivity contribution in [1.29, 1.82) is 0 Å². The second-order valence-electron chi connectivity index (χ2n) is 4.49. The number of ether oxygens (including phenoxy) is 3.